The summed E-state index contributed by atoms with van der Waals surface area (Å²) in [6, 6.07) is 8.61. The molecule has 0 unspecified atom stereocenters. The lowest BCUT2D eigenvalue weighted by molar-refractivity contribution is 0.726. The van der Waals surface area contributed by atoms with Crippen molar-refractivity contribution in [2.24, 2.45) is 0 Å². The average Bonchev–Trinajstić information content (AvgIpc) is 3.11. The Morgan fingerprint density at radius 3 is 2.71 bits per heavy atom. The summed E-state index contributed by atoms with van der Waals surface area (Å²) in [5.41, 5.74) is 4.85. The summed E-state index contributed by atoms with van der Waals surface area (Å²) >= 11 is 1.62. The minimum absolute atomic E-state index is 0.113. The molecule has 122 valence electrons. The van der Waals surface area contributed by atoms with Crippen LogP contribution in [-0.4, -0.2) is 9.55 Å². The zero-order valence-electron chi connectivity index (χ0n) is 14.2. The van der Waals surface area contributed by atoms with Gasteiger partial charge in [0.2, 0.25) is 0 Å². The Morgan fingerprint density at radius 2 is 2.00 bits per heavy atom. The lowest BCUT2D eigenvalue weighted by Crippen LogP contribution is -2.20. The number of hydrogen-bond acceptors (Lipinski definition) is 3. The normalized spacial score (nSPS) is 15.4. The molecule has 4 heteroatoms. The van der Waals surface area contributed by atoms with Crippen LogP contribution in [0.5, 0.6) is 0 Å². The van der Waals surface area contributed by atoms with Gasteiger partial charge in [-0.2, -0.15) is 0 Å². The number of benzene rings is 1. The number of aryl methyl sites for hydroxylation is 3. The van der Waals surface area contributed by atoms with Crippen LogP contribution < -0.4 is 5.56 Å². The van der Waals surface area contributed by atoms with E-state index in [4.69, 9.17) is 4.98 Å². The van der Waals surface area contributed by atoms with Gasteiger partial charge in [0.1, 0.15) is 10.7 Å². The molecule has 0 spiro atoms. The molecule has 0 saturated carbocycles. The fourth-order valence-corrected chi connectivity index (χ4v) is 4.33. The summed E-state index contributed by atoms with van der Waals surface area (Å²) in [6.45, 7) is 6.96. The zero-order chi connectivity index (χ0) is 16.8. The third-order valence-corrected chi connectivity index (χ3v) is 6.01. The van der Waals surface area contributed by atoms with Crippen molar-refractivity contribution in [3.63, 3.8) is 0 Å². The molecular formula is C20H20N2OS. The molecular weight excluding hydrogens is 316 g/mol. The number of thiophene rings is 1. The maximum atomic E-state index is 12.8. The lowest BCUT2D eigenvalue weighted by Gasteiger charge is -2.04. The lowest BCUT2D eigenvalue weighted by atomic mass is 10.1. The third kappa shape index (κ3) is 2.33. The molecule has 0 atom stereocenters. The Bertz CT molecular complexity index is 1020. The van der Waals surface area contributed by atoms with Gasteiger partial charge >= 0.3 is 0 Å². The standard InChI is InChI=1S/C20H20N2OS/c1-4-14-5-7-15(8-6-14)11-16-9-10-22-18(16)21-19-17(20(22)23)12(2)13(3)24-19/h5-8,11H,4,9-10H2,1-3H3. The highest BCUT2D eigenvalue weighted by Crippen LogP contribution is 2.31. The summed E-state index contributed by atoms with van der Waals surface area (Å²) in [7, 11) is 0. The summed E-state index contributed by atoms with van der Waals surface area (Å²) in [5.74, 6) is 0.841. The van der Waals surface area contributed by atoms with Crippen molar-refractivity contribution in [3.8, 4) is 0 Å². The van der Waals surface area contributed by atoms with E-state index >= 15 is 0 Å². The van der Waals surface area contributed by atoms with Crippen LogP contribution in [0.4, 0.5) is 0 Å². The number of hydrogen-bond donors (Lipinski definition) is 0. The average molecular weight is 336 g/mol. The molecule has 3 heterocycles. The molecule has 0 aliphatic carbocycles. The quantitative estimate of drug-likeness (QED) is 0.686. The van der Waals surface area contributed by atoms with Crippen molar-refractivity contribution in [1.29, 1.82) is 0 Å². The smallest absolute Gasteiger partial charge is 0.262 e. The number of aromatic nitrogens is 2. The van der Waals surface area contributed by atoms with Crippen LogP contribution >= 0.6 is 11.3 Å². The first-order chi connectivity index (χ1) is 11.6. The third-order valence-electron chi connectivity index (χ3n) is 4.91. The van der Waals surface area contributed by atoms with Crippen molar-refractivity contribution >= 4 is 33.2 Å². The zero-order valence-corrected chi connectivity index (χ0v) is 15.0. The van der Waals surface area contributed by atoms with Crippen molar-refractivity contribution in [2.45, 2.75) is 40.2 Å². The van der Waals surface area contributed by atoms with Gasteiger partial charge in [-0.1, -0.05) is 31.2 Å². The largest absolute Gasteiger partial charge is 0.292 e. The molecule has 0 N–H and O–H groups in total. The van der Waals surface area contributed by atoms with Crippen molar-refractivity contribution < 1.29 is 0 Å². The number of nitrogens with zero attached hydrogens (tertiary/aromatic N) is 2. The first-order valence-electron chi connectivity index (χ1n) is 8.39. The van der Waals surface area contributed by atoms with Crippen LogP contribution in [0, 0.1) is 13.8 Å². The predicted octanol–water partition coefficient (Wildman–Crippen LogP) is 4.58. The van der Waals surface area contributed by atoms with Gasteiger partial charge in [-0.15, -0.1) is 11.3 Å². The van der Waals surface area contributed by atoms with E-state index in [-0.39, 0.29) is 5.56 Å². The van der Waals surface area contributed by atoms with Gasteiger partial charge in [0.15, 0.2) is 0 Å². The molecule has 4 rings (SSSR count). The first kappa shape index (κ1) is 15.3. The molecule has 0 bridgehead atoms. The Morgan fingerprint density at radius 1 is 1.25 bits per heavy atom. The van der Waals surface area contributed by atoms with E-state index in [0.29, 0.717) is 0 Å². The van der Waals surface area contributed by atoms with Crippen molar-refractivity contribution in [1.82, 2.24) is 9.55 Å². The van der Waals surface area contributed by atoms with Gasteiger partial charge in [-0.05, 0) is 55.0 Å². The van der Waals surface area contributed by atoms with Gasteiger partial charge in [0.25, 0.3) is 5.56 Å². The van der Waals surface area contributed by atoms with Crippen LogP contribution in [-0.2, 0) is 13.0 Å². The molecule has 3 aromatic rings. The van der Waals surface area contributed by atoms with Gasteiger partial charge in [-0.3, -0.25) is 9.36 Å². The molecule has 1 aliphatic rings. The minimum Gasteiger partial charge on any atom is -0.292 e. The topological polar surface area (TPSA) is 34.9 Å². The number of allylic oxidation sites excluding steroid dienone is 1. The van der Waals surface area contributed by atoms with E-state index in [1.54, 1.807) is 11.3 Å². The van der Waals surface area contributed by atoms with Crippen LogP contribution in [0.1, 0.15) is 40.7 Å². The molecule has 24 heavy (non-hydrogen) atoms. The van der Waals surface area contributed by atoms with Gasteiger partial charge in [0, 0.05) is 11.4 Å². The second-order valence-electron chi connectivity index (χ2n) is 6.37. The van der Waals surface area contributed by atoms with E-state index in [1.165, 1.54) is 16.0 Å². The van der Waals surface area contributed by atoms with Crippen LogP contribution in [0.3, 0.4) is 0 Å². The Kier molecular flexibility index (Phi) is 3.65. The summed E-state index contributed by atoms with van der Waals surface area (Å²) < 4.78 is 1.84. The highest BCUT2D eigenvalue weighted by molar-refractivity contribution is 7.18. The summed E-state index contributed by atoms with van der Waals surface area (Å²) in [6.07, 6.45) is 4.09. The maximum Gasteiger partial charge on any atom is 0.262 e. The fourth-order valence-electron chi connectivity index (χ4n) is 3.31. The van der Waals surface area contributed by atoms with E-state index in [0.717, 1.165) is 46.6 Å². The van der Waals surface area contributed by atoms with E-state index in [1.807, 2.05) is 11.5 Å². The maximum absolute atomic E-state index is 12.8. The molecule has 3 nitrogen and oxygen atoms in total. The van der Waals surface area contributed by atoms with Gasteiger partial charge in [-0.25, -0.2) is 4.98 Å². The molecule has 1 aromatic carbocycles. The van der Waals surface area contributed by atoms with Gasteiger partial charge in [0.05, 0.1) is 5.39 Å². The molecule has 1 aliphatic heterocycles. The second kappa shape index (κ2) is 5.71. The molecule has 2 aromatic heterocycles. The molecule has 0 fully saturated rings. The molecule has 0 saturated heterocycles. The van der Waals surface area contributed by atoms with E-state index in [2.05, 4.69) is 44.2 Å². The summed E-state index contributed by atoms with van der Waals surface area (Å²) in [4.78, 5) is 19.7. The monoisotopic (exact) mass is 336 g/mol. The number of rotatable bonds is 2. The van der Waals surface area contributed by atoms with Crippen molar-refractivity contribution in [3.05, 3.63) is 62.0 Å². The fraction of sp³-hybridized carbons (Fsp3) is 0.300. The second-order valence-corrected chi connectivity index (χ2v) is 7.57. The van der Waals surface area contributed by atoms with E-state index in [9.17, 15) is 4.79 Å². The molecule has 0 amide bonds. The number of fused-ring (bicyclic) bond motifs is 2. The highest BCUT2D eigenvalue weighted by atomic mass is 32.1. The van der Waals surface area contributed by atoms with Gasteiger partial charge < -0.3 is 0 Å². The first-order valence-corrected chi connectivity index (χ1v) is 9.20. The van der Waals surface area contributed by atoms with E-state index < -0.39 is 0 Å². The van der Waals surface area contributed by atoms with Crippen LogP contribution in [0.25, 0.3) is 21.9 Å². The van der Waals surface area contributed by atoms with Crippen molar-refractivity contribution in [2.75, 3.05) is 0 Å². The van der Waals surface area contributed by atoms with Crippen LogP contribution in [0.2, 0.25) is 0 Å². The summed E-state index contributed by atoms with van der Waals surface area (Å²) in [5, 5.41) is 0.801. The Balaban J connectivity index is 1.85. The SMILES string of the molecule is CCc1ccc(C=C2CCn3c2nc2sc(C)c(C)c2c3=O)cc1. The Labute approximate surface area is 145 Å². The Hall–Kier alpha value is -2.20. The highest BCUT2D eigenvalue weighted by Gasteiger charge is 2.23. The minimum atomic E-state index is 0.113. The van der Waals surface area contributed by atoms with Crippen LogP contribution in [0.15, 0.2) is 29.1 Å². The predicted molar refractivity (Wildman–Crippen MR) is 102 cm³/mol. The molecule has 0 radical (unpaired) electrons.